The number of phenolic OH excluding ortho intramolecular Hbond substituents is 1. The molecule has 1 aliphatic heterocycles. The predicted octanol–water partition coefficient (Wildman–Crippen LogP) is 3.77. The fourth-order valence-corrected chi connectivity index (χ4v) is 2.99. The summed E-state index contributed by atoms with van der Waals surface area (Å²) < 4.78 is 13.7. The van der Waals surface area contributed by atoms with Gasteiger partial charge in [-0.3, -0.25) is 14.5 Å². The number of amides is 2. The van der Waals surface area contributed by atoms with E-state index >= 15 is 0 Å². The lowest BCUT2D eigenvalue weighted by molar-refractivity contribution is -0.123. The van der Waals surface area contributed by atoms with Gasteiger partial charge in [0.2, 0.25) is 0 Å². The Balaban J connectivity index is 1.82. The van der Waals surface area contributed by atoms with Crippen molar-refractivity contribution in [3.05, 3.63) is 70.4 Å². The number of rotatable bonds is 3. The van der Waals surface area contributed by atoms with Gasteiger partial charge >= 0.3 is 0 Å². The Morgan fingerprint density at radius 3 is 2.48 bits per heavy atom. The molecule has 3 rings (SSSR count). The minimum absolute atomic E-state index is 0.0930. The summed E-state index contributed by atoms with van der Waals surface area (Å²) in [6.45, 7) is -0.0930. The van der Waals surface area contributed by atoms with E-state index in [9.17, 15) is 19.1 Å². The lowest BCUT2D eigenvalue weighted by Gasteiger charge is -2.12. The molecule has 0 aromatic heterocycles. The first kappa shape index (κ1) is 15.3. The van der Waals surface area contributed by atoms with Gasteiger partial charge < -0.3 is 5.11 Å². The van der Waals surface area contributed by atoms with Gasteiger partial charge in [0.25, 0.3) is 11.1 Å². The molecule has 0 saturated carbocycles. The van der Waals surface area contributed by atoms with Gasteiger partial charge in [-0.15, -0.1) is 0 Å². The number of benzene rings is 2. The molecule has 1 N–H and O–H groups in total. The summed E-state index contributed by atoms with van der Waals surface area (Å²) >= 11 is 0.820. The van der Waals surface area contributed by atoms with Gasteiger partial charge in [0.05, 0.1) is 11.4 Å². The minimum atomic E-state index is -0.450. The van der Waals surface area contributed by atoms with Crippen LogP contribution >= 0.6 is 11.8 Å². The van der Waals surface area contributed by atoms with Crippen LogP contribution in [0.1, 0.15) is 11.1 Å². The van der Waals surface area contributed by atoms with Crippen molar-refractivity contribution in [1.29, 1.82) is 0 Å². The van der Waals surface area contributed by atoms with Crippen molar-refractivity contribution in [3.8, 4) is 5.75 Å². The second-order valence-corrected chi connectivity index (χ2v) is 5.94. The summed E-state index contributed by atoms with van der Waals surface area (Å²) in [6, 6.07) is 12.3. The van der Waals surface area contributed by atoms with E-state index in [2.05, 4.69) is 0 Å². The first-order chi connectivity index (χ1) is 11.0. The summed E-state index contributed by atoms with van der Waals surface area (Å²) in [5.41, 5.74) is 0.986. The molecule has 1 fully saturated rings. The van der Waals surface area contributed by atoms with Crippen LogP contribution in [0.5, 0.6) is 5.75 Å². The Bertz CT molecular complexity index is 802. The molecule has 2 amide bonds. The summed E-state index contributed by atoms with van der Waals surface area (Å²) in [5.74, 6) is -0.778. The quantitative estimate of drug-likeness (QED) is 0.871. The molecule has 0 bridgehead atoms. The molecule has 1 heterocycles. The molecule has 1 aliphatic rings. The van der Waals surface area contributed by atoms with Crippen LogP contribution in [0, 0.1) is 5.82 Å². The molecule has 2 aromatic rings. The van der Waals surface area contributed by atoms with Crippen LogP contribution in [0.2, 0.25) is 0 Å². The zero-order valence-electron chi connectivity index (χ0n) is 11.9. The van der Waals surface area contributed by atoms with Crippen LogP contribution in [-0.4, -0.2) is 21.2 Å². The van der Waals surface area contributed by atoms with E-state index in [0.717, 1.165) is 16.7 Å². The predicted molar refractivity (Wildman–Crippen MR) is 86.0 cm³/mol. The van der Waals surface area contributed by atoms with Crippen molar-refractivity contribution in [2.75, 3.05) is 0 Å². The van der Waals surface area contributed by atoms with Crippen molar-refractivity contribution in [1.82, 2.24) is 4.90 Å². The smallest absolute Gasteiger partial charge is 0.293 e. The Hall–Kier alpha value is -2.60. The fraction of sp³-hybridized carbons (Fsp3) is 0.0588. The van der Waals surface area contributed by atoms with Gasteiger partial charge in [0, 0.05) is 5.56 Å². The maximum atomic E-state index is 13.7. The molecule has 116 valence electrons. The molecule has 2 aromatic carbocycles. The van der Waals surface area contributed by atoms with E-state index < -0.39 is 17.0 Å². The molecular formula is C17H12FNO3S. The van der Waals surface area contributed by atoms with Crippen molar-refractivity contribution < 1.29 is 19.1 Å². The summed E-state index contributed by atoms with van der Waals surface area (Å²) in [6.07, 6.45) is 1.58. The topological polar surface area (TPSA) is 57.6 Å². The van der Waals surface area contributed by atoms with Gasteiger partial charge in [-0.2, -0.15) is 0 Å². The molecule has 0 radical (unpaired) electrons. The van der Waals surface area contributed by atoms with Crippen LogP contribution in [0.3, 0.4) is 0 Å². The number of nitrogens with zero attached hydrogens (tertiary/aromatic N) is 1. The SMILES string of the molecule is O=C1SC(=Cc2ccc(O)cc2)C(=O)N1Cc1ccccc1F. The van der Waals surface area contributed by atoms with E-state index in [1.54, 1.807) is 36.4 Å². The standard InChI is InChI=1S/C17H12FNO3S/c18-14-4-2-1-3-12(14)10-19-16(21)15(23-17(19)22)9-11-5-7-13(20)8-6-11/h1-9,20H,10H2. The Labute approximate surface area is 136 Å². The number of aromatic hydroxyl groups is 1. The molecule has 0 atom stereocenters. The summed E-state index contributed by atoms with van der Waals surface area (Å²) in [4.78, 5) is 25.7. The monoisotopic (exact) mass is 329 g/mol. The lowest BCUT2D eigenvalue weighted by atomic mass is 10.2. The van der Waals surface area contributed by atoms with E-state index in [0.29, 0.717) is 11.1 Å². The highest BCUT2D eigenvalue weighted by Crippen LogP contribution is 2.33. The highest BCUT2D eigenvalue weighted by molar-refractivity contribution is 8.18. The number of halogens is 1. The van der Waals surface area contributed by atoms with Crippen LogP contribution in [-0.2, 0) is 11.3 Å². The van der Waals surface area contributed by atoms with Crippen molar-refractivity contribution in [2.24, 2.45) is 0 Å². The van der Waals surface area contributed by atoms with E-state index in [-0.39, 0.29) is 17.2 Å². The molecule has 0 unspecified atom stereocenters. The van der Waals surface area contributed by atoms with Crippen LogP contribution in [0.25, 0.3) is 6.08 Å². The summed E-state index contributed by atoms with van der Waals surface area (Å²) in [5, 5.41) is 8.83. The van der Waals surface area contributed by atoms with Crippen molar-refractivity contribution >= 4 is 29.0 Å². The lowest BCUT2D eigenvalue weighted by Crippen LogP contribution is -2.27. The third-order valence-electron chi connectivity index (χ3n) is 3.35. The Kier molecular flexibility index (Phi) is 4.16. The number of phenols is 1. The minimum Gasteiger partial charge on any atom is -0.508 e. The van der Waals surface area contributed by atoms with E-state index in [1.165, 1.54) is 18.2 Å². The number of thioether (sulfide) groups is 1. The number of imide groups is 1. The molecule has 1 saturated heterocycles. The maximum Gasteiger partial charge on any atom is 0.293 e. The highest BCUT2D eigenvalue weighted by Gasteiger charge is 2.35. The fourth-order valence-electron chi connectivity index (χ4n) is 2.16. The van der Waals surface area contributed by atoms with Gasteiger partial charge in [-0.1, -0.05) is 30.3 Å². The second-order valence-electron chi connectivity index (χ2n) is 4.95. The average Bonchev–Trinajstić information content (AvgIpc) is 2.79. The first-order valence-electron chi connectivity index (χ1n) is 6.82. The van der Waals surface area contributed by atoms with Gasteiger partial charge in [-0.25, -0.2) is 4.39 Å². The highest BCUT2D eigenvalue weighted by atomic mass is 32.2. The Morgan fingerprint density at radius 2 is 1.78 bits per heavy atom. The van der Waals surface area contributed by atoms with E-state index in [1.807, 2.05) is 0 Å². The average molecular weight is 329 g/mol. The van der Waals surface area contributed by atoms with Gasteiger partial charge in [0.15, 0.2) is 0 Å². The zero-order chi connectivity index (χ0) is 16.4. The molecule has 0 spiro atoms. The maximum absolute atomic E-state index is 13.7. The van der Waals surface area contributed by atoms with Gasteiger partial charge in [0.1, 0.15) is 11.6 Å². The van der Waals surface area contributed by atoms with Crippen LogP contribution < -0.4 is 0 Å². The van der Waals surface area contributed by atoms with Crippen LogP contribution in [0.4, 0.5) is 9.18 Å². The number of hydrogen-bond acceptors (Lipinski definition) is 4. The van der Waals surface area contributed by atoms with E-state index in [4.69, 9.17) is 0 Å². The number of carbonyl (C=O) groups is 2. The number of hydrogen-bond donors (Lipinski definition) is 1. The first-order valence-corrected chi connectivity index (χ1v) is 7.64. The van der Waals surface area contributed by atoms with Gasteiger partial charge in [-0.05, 0) is 41.6 Å². The third kappa shape index (κ3) is 3.27. The third-order valence-corrected chi connectivity index (χ3v) is 4.26. The normalized spacial score (nSPS) is 16.4. The largest absolute Gasteiger partial charge is 0.508 e. The van der Waals surface area contributed by atoms with Crippen molar-refractivity contribution in [3.63, 3.8) is 0 Å². The van der Waals surface area contributed by atoms with Crippen LogP contribution in [0.15, 0.2) is 53.4 Å². The molecule has 0 aliphatic carbocycles. The molecule has 6 heteroatoms. The molecular weight excluding hydrogens is 317 g/mol. The number of carbonyl (C=O) groups excluding carboxylic acids is 2. The summed E-state index contributed by atoms with van der Waals surface area (Å²) in [7, 11) is 0. The Morgan fingerprint density at radius 1 is 1.09 bits per heavy atom. The molecule has 23 heavy (non-hydrogen) atoms. The second kappa shape index (κ2) is 6.26. The zero-order valence-corrected chi connectivity index (χ0v) is 12.7. The van der Waals surface area contributed by atoms with Crippen molar-refractivity contribution in [2.45, 2.75) is 6.54 Å². The molecule has 4 nitrogen and oxygen atoms in total.